The fourth-order valence-corrected chi connectivity index (χ4v) is 13.6. The lowest BCUT2D eigenvalue weighted by Crippen LogP contribution is -2.46. The Morgan fingerprint density at radius 1 is 0.699 bits per heavy atom. The zero-order valence-electron chi connectivity index (χ0n) is 47.7. The molecule has 0 radical (unpaired) electrons. The van der Waals surface area contributed by atoms with Crippen LogP contribution in [0.5, 0.6) is 11.5 Å². The Morgan fingerprint density at radius 3 is 1.86 bits per heavy atom. The predicted molar refractivity (Wildman–Crippen MR) is 319 cm³/mol. The maximum atomic E-state index is 13.3. The first kappa shape index (κ1) is 59.8. The number of H-pyrrole nitrogens is 1. The molecule has 3 aliphatic rings. The summed E-state index contributed by atoms with van der Waals surface area (Å²) >= 11 is 3.07. The van der Waals surface area contributed by atoms with Gasteiger partial charge in [-0.15, -0.1) is 23.5 Å². The van der Waals surface area contributed by atoms with Gasteiger partial charge < -0.3 is 53.8 Å². The number of anilines is 2. The van der Waals surface area contributed by atoms with Crippen LogP contribution >= 0.6 is 23.5 Å². The van der Waals surface area contributed by atoms with Gasteiger partial charge in [-0.2, -0.15) is 4.98 Å². The SMILES string of the molecule is COc1ccc(C(OC[C@H]2O[C@@H](n3ccc(N)nc3=O)C[C@@H]2OCSC[C@H]2O[C@@H](n3cc(C)c(=O)[nH]c3=O)C[C@@H]2OCSC[C@H]2O[C@@H](n3cnc4c(N)ncnc43)C[C@@H]2O[Si](C)(C)C(C)(C)C)(c2ccccc2)c2ccc(OC)cc2)cc1. The highest BCUT2D eigenvalue weighted by Gasteiger charge is 2.47. The van der Waals surface area contributed by atoms with Gasteiger partial charge >= 0.3 is 11.4 Å². The van der Waals surface area contributed by atoms with Crippen molar-refractivity contribution in [3.05, 3.63) is 164 Å². The van der Waals surface area contributed by atoms with Crippen molar-refractivity contribution in [1.82, 2.24) is 38.6 Å². The van der Waals surface area contributed by atoms with Gasteiger partial charge in [0, 0.05) is 48.7 Å². The van der Waals surface area contributed by atoms with Crippen LogP contribution in [0, 0.1) is 6.92 Å². The van der Waals surface area contributed by atoms with Crippen LogP contribution in [0.4, 0.5) is 11.6 Å². The van der Waals surface area contributed by atoms with Crippen LogP contribution in [-0.4, -0.2) is 128 Å². The molecule has 0 amide bonds. The molecule has 0 unspecified atom stereocenters. The zero-order chi connectivity index (χ0) is 58.6. The highest BCUT2D eigenvalue weighted by molar-refractivity contribution is 7.99. The lowest BCUT2D eigenvalue weighted by molar-refractivity contribution is -0.100. The number of nitrogen functional groups attached to an aromatic ring is 2. The van der Waals surface area contributed by atoms with Gasteiger partial charge in [0.25, 0.3) is 5.56 Å². The highest BCUT2D eigenvalue weighted by atomic mass is 32.2. The summed E-state index contributed by atoms with van der Waals surface area (Å²) in [5, 5.41) is -0.0372. The number of aromatic amines is 1. The third-order valence-electron chi connectivity index (χ3n) is 16.0. The summed E-state index contributed by atoms with van der Waals surface area (Å²) in [4.78, 5) is 58.5. The molecule has 3 aliphatic heterocycles. The highest BCUT2D eigenvalue weighted by Crippen LogP contribution is 2.45. The van der Waals surface area contributed by atoms with Gasteiger partial charge in [0.05, 0.1) is 69.6 Å². The van der Waals surface area contributed by atoms with E-state index in [0.717, 1.165) is 16.7 Å². The van der Waals surface area contributed by atoms with Crippen molar-refractivity contribution in [3.63, 3.8) is 0 Å². The summed E-state index contributed by atoms with van der Waals surface area (Å²) in [5.74, 6) is 3.21. The Labute approximate surface area is 490 Å². The Kier molecular flexibility index (Phi) is 18.3. The number of thioether (sulfide) groups is 2. The van der Waals surface area contributed by atoms with Crippen LogP contribution in [-0.2, 0) is 38.4 Å². The summed E-state index contributed by atoms with van der Waals surface area (Å²) in [6.45, 7) is 12.8. The van der Waals surface area contributed by atoms with Gasteiger partial charge in [-0.3, -0.25) is 23.5 Å². The summed E-state index contributed by atoms with van der Waals surface area (Å²) in [6, 6.07) is 27.0. The third kappa shape index (κ3) is 13.0. The molecule has 442 valence electrons. The fraction of sp³-hybridized carbons (Fsp3) is 0.466. The molecule has 3 fully saturated rings. The number of hydrogen-bond acceptors (Lipinski definition) is 20. The van der Waals surface area contributed by atoms with Gasteiger partial charge in [-0.25, -0.2) is 24.5 Å². The van der Waals surface area contributed by atoms with E-state index in [-0.39, 0.29) is 48.0 Å². The molecule has 4 aromatic heterocycles. The Balaban J connectivity index is 0.856. The molecule has 22 nitrogen and oxygen atoms in total. The van der Waals surface area contributed by atoms with E-state index in [1.165, 1.54) is 33.4 Å². The Bertz CT molecular complexity index is 3460. The first-order chi connectivity index (χ1) is 39.8. The van der Waals surface area contributed by atoms with Crippen LogP contribution in [0.25, 0.3) is 11.2 Å². The van der Waals surface area contributed by atoms with Crippen molar-refractivity contribution in [1.29, 1.82) is 0 Å². The minimum absolute atomic E-state index is 0.0322. The van der Waals surface area contributed by atoms with Crippen LogP contribution in [0.3, 0.4) is 0 Å². The minimum Gasteiger partial charge on any atom is -0.497 e. The molecule has 3 aromatic carbocycles. The van der Waals surface area contributed by atoms with Crippen LogP contribution < -0.4 is 37.9 Å². The molecule has 0 aliphatic carbocycles. The van der Waals surface area contributed by atoms with Gasteiger partial charge in [0.2, 0.25) is 0 Å². The van der Waals surface area contributed by atoms with E-state index >= 15 is 0 Å². The first-order valence-electron chi connectivity index (χ1n) is 27.5. The quantitative estimate of drug-likeness (QED) is 0.0242. The van der Waals surface area contributed by atoms with E-state index in [9.17, 15) is 14.4 Å². The standard InChI is InChI=1S/C58H72N10O12S2Si/c1-35-27-67(56(71)65-54(35)69)49-25-42(75-34-82-30-46-43(80-83(7,8)57(2,3)4)26-50(79-46)68-32-63-51-52(60)61-31-62-53(51)68)45(78-49)29-81-33-74-41-24-48(66-23-22-47(59)64-55(66)70)77-44(41)28-76-58(36-12-10-9-11-13-36,37-14-18-39(72-5)19-15-37)38-16-20-40(73-6)21-17-38/h9-23,27,31-32,41-46,48-50H,24-26,28-30,33-34H2,1-8H3,(H2,59,64,70)(H2,60,61,62)(H,65,69,71)/t41-,42-,43-,44+,45+,46+,48+,49+,50+/m0/s1. The first-order valence-corrected chi connectivity index (χ1v) is 32.7. The molecule has 10 rings (SSSR count). The number of aromatic nitrogens is 8. The van der Waals surface area contributed by atoms with Crippen molar-refractivity contribution < 1.29 is 42.3 Å². The molecular formula is C58H72N10O12S2Si. The zero-order valence-corrected chi connectivity index (χ0v) is 50.4. The van der Waals surface area contributed by atoms with E-state index < -0.39 is 74.0 Å². The van der Waals surface area contributed by atoms with Crippen LogP contribution in [0.2, 0.25) is 18.1 Å². The van der Waals surface area contributed by atoms with E-state index in [2.05, 4.69) is 58.8 Å². The lowest BCUT2D eigenvalue weighted by Gasteiger charge is -2.39. The maximum Gasteiger partial charge on any atom is 0.351 e. The van der Waals surface area contributed by atoms with Crippen molar-refractivity contribution in [2.75, 3.05) is 55.7 Å². The van der Waals surface area contributed by atoms with E-state index in [4.69, 9.17) is 53.8 Å². The monoisotopic (exact) mass is 1190 g/mol. The largest absolute Gasteiger partial charge is 0.497 e. The van der Waals surface area contributed by atoms with Gasteiger partial charge in [0.15, 0.2) is 19.8 Å². The molecule has 83 heavy (non-hydrogen) atoms. The number of fused-ring (bicyclic) bond motifs is 1. The molecule has 7 aromatic rings. The van der Waals surface area contributed by atoms with Crippen molar-refractivity contribution >= 4 is 54.6 Å². The number of ether oxygens (including phenoxy) is 8. The number of hydrogen-bond donors (Lipinski definition) is 3. The third-order valence-corrected chi connectivity index (χ3v) is 22.3. The summed E-state index contributed by atoms with van der Waals surface area (Å²) in [6.07, 6.45) is 2.84. The second-order valence-corrected chi connectivity index (χ2v) is 29.0. The number of imidazole rings is 1. The van der Waals surface area contributed by atoms with E-state index in [1.54, 1.807) is 51.5 Å². The number of nitrogens with one attached hydrogen (secondary N) is 1. The van der Waals surface area contributed by atoms with Gasteiger partial charge in [-0.1, -0.05) is 75.4 Å². The number of methoxy groups -OCH3 is 2. The molecule has 7 heterocycles. The van der Waals surface area contributed by atoms with Crippen LogP contribution in [0.15, 0.2) is 124 Å². The second-order valence-electron chi connectivity index (χ2n) is 22.3. The molecule has 25 heteroatoms. The normalized spacial score (nSPS) is 23.1. The maximum absolute atomic E-state index is 13.3. The van der Waals surface area contributed by atoms with Crippen molar-refractivity contribution in [2.24, 2.45) is 0 Å². The molecular weight excluding hydrogens is 1120 g/mol. The minimum atomic E-state index is -2.24. The van der Waals surface area contributed by atoms with Gasteiger partial charge in [0.1, 0.15) is 59.5 Å². The molecule has 0 spiro atoms. The molecule has 0 saturated carbocycles. The number of nitrogens with two attached hydrogens (primary N) is 2. The summed E-state index contributed by atoms with van der Waals surface area (Å²) < 4.78 is 63.8. The number of nitrogens with zero attached hydrogens (tertiary/aromatic N) is 7. The van der Waals surface area contributed by atoms with E-state index in [0.29, 0.717) is 58.4 Å². The number of benzene rings is 3. The predicted octanol–water partition coefficient (Wildman–Crippen LogP) is 7.54. The summed E-state index contributed by atoms with van der Waals surface area (Å²) in [7, 11) is 1.01. The average molecular weight is 1190 g/mol. The lowest BCUT2D eigenvalue weighted by atomic mass is 9.80. The second kappa shape index (κ2) is 25.4. The van der Waals surface area contributed by atoms with Crippen molar-refractivity contribution in [3.8, 4) is 11.5 Å². The Hall–Kier alpha value is -6.39. The number of aryl methyl sites for hydroxylation is 1. The fourth-order valence-electron chi connectivity index (χ4n) is 10.5. The Morgan fingerprint density at radius 2 is 1.25 bits per heavy atom. The smallest absolute Gasteiger partial charge is 0.351 e. The average Bonchev–Trinajstić information content (AvgIpc) is 4.34. The molecule has 9 atom stereocenters. The molecule has 3 saturated heterocycles. The summed E-state index contributed by atoms with van der Waals surface area (Å²) in [5.41, 5.74) is 13.3. The van der Waals surface area contributed by atoms with Crippen molar-refractivity contribution in [2.45, 2.75) is 126 Å². The van der Waals surface area contributed by atoms with Gasteiger partial charge in [-0.05, 0) is 72.1 Å². The number of rotatable bonds is 23. The molecule has 5 N–H and O–H groups in total. The van der Waals surface area contributed by atoms with E-state index in [1.807, 2.05) is 83.4 Å². The topological polar surface area (TPSA) is 268 Å². The van der Waals surface area contributed by atoms with Crippen LogP contribution in [0.1, 0.15) is 81.0 Å². The molecule has 0 bridgehead atoms.